The van der Waals surface area contributed by atoms with Gasteiger partial charge in [0.1, 0.15) is 0 Å². The summed E-state index contributed by atoms with van der Waals surface area (Å²) in [6.07, 6.45) is 4.70. The lowest BCUT2D eigenvalue weighted by Gasteiger charge is -2.10. The van der Waals surface area contributed by atoms with Crippen LogP contribution in [-0.4, -0.2) is 34.3 Å². The number of aromatic nitrogens is 3. The standard InChI is InChI=1S/C18H21ClN6S.HI/c1-13-24-16(12-26-13)7-8-21-18(20-2)22-9-14-10-23-25(11-14)17-5-3-15(19)4-6-17;/h3-6,10-12H,7-9H2,1-2H3,(H2,20,21,22);1H. The number of aliphatic imine (C=N–C) groups is 1. The predicted octanol–water partition coefficient (Wildman–Crippen LogP) is 3.82. The summed E-state index contributed by atoms with van der Waals surface area (Å²) in [4.78, 5) is 8.71. The van der Waals surface area contributed by atoms with Crippen molar-refractivity contribution in [3.63, 3.8) is 0 Å². The Labute approximate surface area is 185 Å². The maximum Gasteiger partial charge on any atom is 0.191 e. The monoisotopic (exact) mass is 516 g/mol. The van der Waals surface area contributed by atoms with Crippen molar-refractivity contribution in [1.82, 2.24) is 25.4 Å². The van der Waals surface area contributed by atoms with Crippen LogP contribution >= 0.6 is 46.9 Å². The molecule has 144 valence electrons. The Balaban J connectivity index is 0.00000261. The minimum Gasteiger partial charge on any atom is -0.356 e. The zero-order valence-corrected chi connectivity index (χ0v) is 19.0. The molecule has 0 spiro atoms. The molecule has 0 amide bonds. The SMILES string of the molecule is CN=C(NCCc1csc(C)n1)NCc1cnn(-c2ccc(Cl)cc2)c1.I. The highest BCUT2D eigenvalue weighted by Gasteiger charge is 2.04. The minimum atomic E-state index is 0. The van der Waals surface area contributed by atoms with Crippen LogP contribution in [0.15, 0.2) is 47.0 Å². The Morgan fingerprint density at radius 3 is 2.70 bits per heavy atom. The zero-order chi connectivity index (χ0) is 18.4. The molecule has 2 N–H and O–H groups in total. The van der Waals surface area contributed by atoms with Gasteiger partial charge in [0.2, 0.25) is 0 Å². The predicted molar refractivity (Wildman–Crippen MR) is 123 cm³/mol. The average Bonchev–Trinajstić information content (AvgIpc) is 3.28. The highest BCUT2D eigenvalue weighted by molar-refractivity contribution is 14.0. The molecule has 9 heteroatoms. The van der Waals surface area contributed by atoms with Crippen molar-refractivity contribution in [3.05, 3.63) is 63.3 Å². The number of thiazole rings is 1. The molecule has 0 saturated carbocycles. The molecule has 3 rings (SSSR count). The average molecular weight is 517 g/mol. The van der Waals surface area contributed by atoms with Crippen molar-refractivity contribution < 1.29 is 0 Å². The van der Waals surface area contributed by atoms with E-state index in [1.807, 2.05) is 48.3 Å². The normalized spacial score (nSPS) is 11.1. The summed E-state index contributed by atoms with van der Waals surface area (Å²) in [5.74, 6) is 0.760. The highest BCUT2D eigenvalue weighted by Crippen LogP contribution is 2.13. The molecule has 27 heavy (non-hydrogen) atoms. The molecule has 3 aromatic rings. The topological polar surface area (TPSA) is 67.1 Å². The van der Waals surface area contributed by atoms with Crippen LogP contribution < -0.4 is 10.6 Å². The van der Waals surface area contributed by atoms with Gasteiger partial charge >= 0.3 is 0 Å². The molecule has 2 heterocycles. The molecule has 0 aliphatic rings. The van der Waals surface area contributed by atoms with Crippen LogP contribution in [0.1, 0.15) is 16.3 Å². The largest absolute Gasteiger partial charge is 0.356 e. The number of halogens is 2. The van der Waals surface area contributed by atoms with Gasteiger partial charge in [-0.1, -0.05) is 11.6 Å². The maximum absolute atomic E-state index is 5.92. The summed E-state index contributed by atoms with van der Waals surface area (Å²) in [6, 6.07) is 7.58. The van der Waals surface area contributed by atoms with Crippen LogP contribution in [0, 0.1) is 6.92 Å². The van der Waals surface area contributed by atoms with Crippen molar-refractivity contribution in [1.29, 1.82) is 0 Å². The van der Waals surface area contributed by atoms with E-state index in [0.29, 0.717) is 11.6 Å². The fraction of sp³-hybridized carbons (Fsp3) is 0.278. The van der Waals surface area contributed by atoms with Gasteiger partial charge in [0, 0.05) is 48.7 Å². The van der Waals surface area contributed by atoms with E-state index in [9.17, 15) is 0 Å². The Kier molecular flexibility index (Phi) is 8.52. The third-order valence-corrected chi connectivity index (χ3v) is 4.83. The van der Waals surface area contributed by atoms with E-state index >= 15 is 0 Å². The van der Waals surface area contributed by atoms with Crippen molar-refractivity contribution in [3.8, 4) is 5.69 Å². The fourth-order valence-electron chi connectivity index (χ4n) is 2.42. The van der Waals surface area contributed by atoms with E-state index in [1.54, 1.807) is 18.4 Å². The van der Waals surface area contributed by atoms with E-state index in [4.69, 9.17) is 11.6 Å². The summed E-state index contributed by atoms with van der Waals surface area (Å²) >= 11 is 7.60. The number of hydrogen-bond donors (Lipinski definition) is 2. The van der Waals surface area contributed by atoms with Crippen molar-refractivity contribution >= 4 is 52.9 Å². The third kappa shape index (κ3) is 6.47. The van der Waals surface area contributed by atoms with Gasteiger partial charge < -0.3 is 10.6 Å². The summed E-state index contributed by atoms with van der Waals surface area (Å²) in [5, 5.41) is 14.9. The van der Waals surface area contributed by atoms with Gasteiger partial charge in [0.05, 0.1) is 22.6 Å². The van der Waals surface area contributed by atoms with Gasteiger partial charge in [-0.05, 0) is 31.2 Å². The van der Waals surface area contributed by atoms with E-state index in [1.165, 1.54) is 0 Å². The molecule has 0 bridgehead atoms. The van der Waals surface area contributed by atoms with Crippen LogP contribution in [0.3, 0.4) is 0 Å². The van der Waals surface area contributed by atoms with E-state index < -0.39 is 0 Å². The molecule has 6 nitrogen and oxygen atoms in total. The molecule has 0 atom stereocenters. The Morgan fingerprint density at radius 1 is 1.26 bits per heavy atom. The van der Waals surface area contributed by atoms with E-state index in [2.05, 4.69) is 31.1 Å². The number of nitrogens with zero attached hydrogens (tertiary/aromatic N) is 4. The van der Waals surface area contributed by atoms with Crippen molar-refractivity contribution in [2.75, 3.05) is 13.6 Å². The van der Waals surface area contributed by atoms with Gasteiger partial charge in [-0.2, -0.15) is 5.10 Å². The number of rotatable bonds is 6. The second-order valence-electron chi connectivity index (χ2n) is 5.73. The highest BCUT2D eigenvalue weighted by atomic mass is 127. The Bertz CT molecular complexity index is 874. The maximum atomic E-state index is 5.92. The number of guanidine groups is 1. The van der Waals surface area contributed by atoms with Crippen LogP contribution in [0.25, 0.3) is 5.69 Å². The fourth-order valence-corrected chi connectivity index (χ4v) is 3.20. The second kappa shape index (κ2) is 10.6. The zero-order valence-electron chi connectivity index (χ0n) is 15.1. The third-order valence-electron chi connectivity index (χ3n) is 3.75. The van der Waals surface area contributed by atoms with Crippen LogP contribution in [0.4, 0.5) is 0 Å². The summed E-state index contributed by atoms with van der Waals surface area (Å²) < 4.78 is 1.83. The lowest BCUT2D eigenvalue weighted by atomic mass is 10.3. The van der Waals surface area contributed by atoms with Crippen LogP contribution in [0.2, 0.25) is 5.02 Å². The summed E-state index contributed by atoms with van der Waals surface area (Å²) in [5.41, 5.74) is 3.15. The quantitative estimate of drug-likeness (QED) is 0.297. The number of aryl methyl sites for hydroxylation is 1. The molecule has 0 radical (unpaired) electrons. The molecule has 0 fully saturated rings. The lowest BCUT2D eigenvalue weighted by molar-refractivity contribution is 0.785. The molecule has 0 aliphatic carbocycles. The Morgan fingerprint density at radius 2 is 2.04 bits per heavy atom. The smallest absolute Gasteiger partial charge is 0.191 e. The summed E-state index contributed by atoms with van der Waals surface area (Å²) in [7, 11) is 1.76. The molecule has 0 saturated heterocycles. The van der Waals surface area contributed by atoms with Gasteiger partial charge in [0.25, 0.3) is 0 Å². The van der Waals surface area contributed by atoms with Gasteiger partial charge in [0.15, 0.2) is 5.96 Å². The molecule has 0 unspecified atom stereocenters. The van der Waals surface area contributed by atoms with Crippen LogP contribution in [0.5, 0.6) is 0 Å². The molecule has 2 aromatic heterocycles. The van der Waals surface area contributed by atoms with E-state index in [0.717, 1.165) is 40.9 Å². The molecular formula is C18H22ClIN6S. The van der Waals surface area contributed by atoms with Gasteiger partial charge in [-0.25, -0.2) is 9.67 Å². The number of nitrogens with one attached hydrogen (secondary N) is 2. The molecule has 0 aliphatic heterocycles. The lowest BCUT2D eigenvalue weighted by Crippen LogP contribution is -2.37. The van der Waals surface area contributed by atoms with Crippen molar-refractivity contribution in [2.45, 2.75) is 19.9 Å². The van der Waals surface area contributed by atoms with Gasteiger partial charge in [-0.15, -0.1) is 35.3 Å². The molecular weight excluding hydrogens is 495 g/mol. The van der Waals surface area contributed by atoms with E-state index in [-0.39, 0.29) is 24.0 Å². The first-order valence-corrected chi connectivity index (χ1v) is 9.55. The molecule has 1 aromatic carbocycles. The first-order valence-electron chi connectivity index (χ1n) is 8.29. The Hall–Kier alpha value is -1.65. The first kappa shape index (κ1) is 21.6. The van der Waals surface area contributed by atoms with Crippen LogP contribution in [-0.2, 0) is 13.0 Å². The first-order chi connectivity index (χ1) is 12.6. The minimum absolute atomic E-state index is 0. The second-order valence-corrected chi connectivity index (χ2v) is 7.23. The summed E-state index contributed by atoms with van der Waals surface area (Å²) in [6.45, 7) is 3.45. The van der Waals surface area contributed by atoms with Crippen molar-refractivity contribution in [2.24, 2.45) is 4.99 Å². The van der Waals surface area contributed by atoms with Gasteiger partial charge in [-0.3, -0.25) is 4.99 Å². The number of hydrogen-bond acceptors (Lipinski definition) is 4. The number of benzene rings is 1.